The van der Waals surface area contributed by atoms with Gasteiger partial charge in [-0.25, -0.2) is 4.98 Å². The second-order valence-corrected chi connectivity index (χ2v) is 4.64. The second-order valence-electron chi connectivity index (χ2n) is 3.45. The Balaban J connectivity index is 2.86. The van der Waals surface area contributed by atoms with Crippen molar-refractivity contribution in [2.75, 3.05) is 0 Å². The molecule has 0 saturated heterocycles. The second kappa shape index (κ2) is 3.55. The Morgan fingerprint density at radius 2 is 2.14 bits per heavy atom. The molecule has 2 rings (SSSR count). The first-order valence-electron chi connectivity index (χ1n) is 4.43. The van der Waals surface area contributed by atoms with Crippen LogP contribution in [0.4, 0.5) is 0 Å². The number of aromatic nitrogens is 2. The summed E-state index contributed by atoms with van der Waals surface area (Å²) in [5, 5.41) is 0.543. The highest BCUT2D eigenvalue weighted by Crippen LogP contribution is 2.29. The third-order valence-electron chi connectivity index (χ3n) is 2.13. The lowest BCUT2D eigenvalue weighted by molar-refractivity contribution is 0.618. The summed E-state index contributed by atoms with van der Waals surface area (Å²) in [4.78, 5) is 4.29. The quantitative estimate of drug-likeness (QED) is 0.767. The van der Waals surface area contributed by atoms with Gasteiger partial charge in [0.05, 0.1) is 11.0 Å². The summed E-state index contributed by atoms with van der Waals surface area (Å²) >= 11 is 9.58. The molecule has 0 unspecified atom stereocenters. The first kappa shape index (κ1) is 9.99. The third-order valence-corrected chi connectivity index (χ3v) is 3.04. The molecule has 4 heteroatoms. The lowest BCUT2D eigenvalue weighted by Gasteiger charge is -2.10. The van der Waals surface area contributed by atoms with E-state index in [4.69, 9.17) is 11.6 Å². The van der Waals surface area contributed by atoms with E-state index in [-0.39, 0.29) is 0 Å². The van der Waals surface area contributed by atoms with E-state index < -0.39 is 0 Å². The molecule has 0 saturated carbocycles. The minimum Gasteiger partial charge on any atom is -0.311 e. The van der Waals surface area contributed by atoms with Crippen molar-refractivity contribution in [3.8, 4) is 0 Å². The van der Waals surface area contributed by atoms with Crippen LogP contribution in [0.25, 0.3) is 11.0 Å². The number of nitrogens with zero attached hydrogens (tertiary/aromatic N) is 2. The van der Waals surface area contributed by atoms with Crippen LogP contribution in [0, 0.1) is 0 Å². The van der Waals surface area contributed by atoms with E-state index in [9.17, 15) is 0 Å². The van der Waals surface area contributed by atoms with E-state index in [2.05, 4.69) is 34.8 Å². The first-order valence-corrected chi connectivity index (χ1v) is 5.60. The Hall–Kier alpha value is -0.540. The molecule has 0 aliphatic heterocycles. The fraction of sp³-hybridized carbons (Fsp3) is 0.300. The number of hydrogen-bond donors (Lipinski definition) is 0. The Kier molecular flexibility index (Phi) is 2.54. The minimum atomic E-state index is 0.311. The van der Waals surface area contributed by atoms with Gasteiger partial charge < -0.3 is 4.57 Å². The molecule has 1 heterocycles. The first-order chi connectivity index (χ1) is 6.61. The highest BCUT2D eigenvalue weighted by molar-refractivity contribution is 9.10. The summed E-state index contributed by atoms with van der Waals surface area (Å²) in [5.74, 6) is 0. The number of hydrogen-bond acceptors (Lipinski definition) is 1. The molecule has 0 aliphatic carbocycles. The van der Waals surface area contributed by atoms with Crippen molar-refractivity contribution in [3.63, 3.8) is 0 Å². The van der Waals surface area contributed by atoms with Crippen molar-refractivity contribution in [2.24, 2.45) is 0 Å². The maximum Gasteiger partial charge on any atom is 0.204 e. The van der Waals surface area contributed by atoms with Crippen LogP contribution in [0.3, 0.4) is 0 Å². The molecular formula is C10H10BrClN2. The van der Waals surface area contributed by atoms with Crippen molar-refractivity contribution in [1.82, 2.24) is 9.55 Å². The molecule has 74 valence electrons. The molecule has 0 radical (unpaired) electrons. The SMILES string of the molecule is CC(C)n1c(Cl)nc2cccc(Br)c21. The lowest BCUT2D eigenvalue weighted by Crippen LogP contribution is -2.00. The van der Waals surface area contributed by atoms with Crippen LogP contribution in [-0.4, -0.2) is 9.55 Å². The maximum atomic E-state index is 6.07. The van der Waals surface area contributed by atoms with E-state index >= 15 is 0 Å². The Morgan fingerprint density at radius 3 is 2.79 bits per heavy atom. The van der Waals surface area contributed by atoms with Crippen molar-refractivity contribution in [2.45, 2.75) is 19.9 Å². The van der Waals surface area contributed by atoms with Gasteiger partial charge in [-0.05, 0) is 53.5 Å². The number of benzene rings is 1. The van der Waals surface area contributed by atoms with Gasteiger partial charge in [-0.3, -0.25) is 0 Å². The monoisotopic (exact) mass is 272 g/mol. The van der Waals surface area contributed by atoms with Gasteiger partial charge in [-0.1, -0.05) is 6.07 Å². The fourth-order valence-electron chi connectivity index (χ4n) is 1.55. The minimum absolute atomic E-state index is 0.311. The smallest absolute Gasteiger partial charge is 0.204 e. The molecule has 2 nitrogen and oxygen atoms in total. The maximum absolute atomic E-state index is 6.07. The molecular weight excluding hydrogens is 263 g/mol. The molecule has 0 fully saturated rings. The largest absolute Gasteiger partial charge is 0.311 e. The van der Waals surface area contributed by atoms with Gasteiger partial charge in [0, 0.05) is 10.5 Å². The molecule has 14 heavy (non-hydrogen) atoms. The van der Waals surface area contributed by atoms with Gasteiger partial charge in [0.15, 0.2) is 0 Å². The summed E-state index contributed by atoms with van der Waals surface area (Å²) in [6, 6.07) is 6.23. The van der Waals surface area contributed by atoms with E-state index in [1.54, 1.807) is 0 Å². The molecule has 0 amide bonds. The number of rotatable bonds is 1. The van der Waals surface area contributed by atoms with Gasteiger partial charge >= 0.3 is 0 Å². The normalized spacial score (nSPS) is 11.5. The van der Waals surface area contributed by atoms with E-state index in [0.29, 0.717) is 11.3 Å². The summed E-state index contributed by atoms with van der Waals surface area (Å²) < 4.78 is 3.05. The molecule has 0 bridgehead atoms. The fourth-order valence-corrected chi connectivity index (χ4v) is 2.47. The molecule has 0 atom stereocenters. The molecule has 0 N–H and O–H groups in total. The number of imidazole rings is 1. The highest BCUT2D eigenvalue weighted by atomic mass is 79.9. The summed E-state index contributed by atoms with van der Waals surface area (Å²) in [7, 11) is 0. The van der Waals surface area contributed by atoms with Gasteiger partial charge in [-0.2, -0.15) is 0 Å². The Bertz CT molecular complexity index is 476. The zero-order valence-electron chi connectivity index (χ0n) is 7.96. The summed E-state index contributed by atoms with van der Waals surface area (Å²) in [5.41, 5.74) is 1.99. The summed E-state index contributed by atoms with van der Waals surface area (Å²) in [6.45, 7) is 4.18. The van der Waals surface area contributed by atoms with Crippen molar-refractivity contribution in [3.05, 3.63) is 28.0 Å². The van der Waals surface area contributed by atoms with Crippen molar-refractivity contribution >= 4 is 38.6 Å². The van der Waals surface area contributed by atoms with Gasteiger partial charge in [0.2, 0.25) is 5.28 Å². The average molecular weight is 274 g/mol. The van der Waals surface area contributed by atoms with Gasteiger partial charge in [0.25, 0.3) is 0 Å². The number of halogens is 2. The predicted molar refractivity (Wildman–Crippen MR) is 62.8 cm³/mol. The van der Waals surface area contributed by atoms with Gasteiger partial charge in [0.1, 0.15) is 0 Å². The standard InChI is InChI=1S/C10H10BrClN2/c1-6(2)14-9-7(11)4-3-5-8(9)13-10(14)12/h3-6H,1-2H3. The third kappa shape index (κ3) is 1.44. The van der Waals surface area contributed by atoms with E-state index in [1.165, 1.54) is 0 Å². The zero-order chi connectivity index (χ0) is 10.3. The van der Waals surface area contributed by atoms with Crippen LogP contribution in [0.5, 0.6) is 0 Å². The molecule has 1 aromatic heterocycles. The van der Waals surface area contributed by atoms with Crippen LogP contribution < -0.4 is 0 Å². The predicted octanol–water partition coefficient (Wildman–Crippen LogP) is 4.03. The molecule has 0 aliphatic rings. The molecule has 2 aromatic rings. The van der Waals surface area contributed by atoms with E-state index in [0.717, 1.165) is 15.5 Å². The van der Waals surface area contributed by atoms with Crippen LogP contribution in [0.2, 0.25) is 5.28 Å². The van der Waals surface area contributed by atoms with Gasteiger partial charge in [-0.15, -0.1) is 0 Å². The Morgan fingerprint density at radius 1 is 1.43 bits per heavy atom. The van der Waals surface area contributed by atoms with Crippen molar-refractivity contribution < 1.29 is 0 Å². The molecule has 0 spiro atoms. The molecule has 1 aromatic carbocycles. The van der Waals surface area contributed by atoms with Crippen LogP contribution >= 0.6 is 27.5 Å². The number of fused-ring (bicyclic) bond motifs is 1. The lowest BCUT2D eigenvalue weighted by atomic mass is 10.3. The highest BCUT2D eigenvalue weighted by Gasteiger charge is 2.13. The van der Waals surface area contributed by atoms with Crippen LogP contribution in [0.1, 0.15) is 19.9 Å². The van der Waals surface area contributed by atoms with Crippen molar-refractivity contribution in [1.29, 1.82) is 0 Å². The van der Waals surface area contributed by atoms with Crippen LogP contribution in [-0.2, 0) is 0 Å². The topological polar surface area (TPSA) is 17.8 Å². The van der Waals surface area contributed by atoms with E-state index in [1.807, 2.05) is 22.8 Å². The zero-order valence-corrected chi connectivity index (χ0v) is 10.3. The number of para-hydroxylation sites is 1. The van der Waals surface area contributed by atoms with Crippen LogP contribution in [0.15, 0.2) is 22.7 Å². The summed E-state index contributed by atoms with van der Waals surface area (Å²) in [6.07, 6.45) is 0. The Labute approximate surface area is 96.0 Å². The average Bonchev–Trinajstić information content (AvgIpc) is 2.42.